The van der Waals surface area contributed by atoms with Crippen molar-refractivity contribution in [2.75, 3.05) is 0 Å². The van der Waals surface area contributed by atoms with Gasteiger partial charge in [-0.3, -0.25) is 0 Å². The summed E-state index contributed by atoms with van der Waals surface area (Å²) in [7, 11) is 0. The third-order valence-corrected chi connectivity index (χ3v) is 16.5. The molecule has 0 aliphatic rings. The summed E-state index contributed by atoms with van der Waals surface area (Å²) in [6, 6.07) is 0. The molecule has 19 heavy (non-hydrogen) atoms. The van der Waals surface area contributed by atoms with Gasteiger partial charge in [-0.05, 0) is 0 Å². The van der Waals surface area contributed by atoms with Crippen molar-refractivity contribution < 1.29 is 7.87 Å². The molecule has 0 radical (unpaired) electrons. The first kappa shape index (κ1) is 19.3. The molecule has 0 aromatic heterocycles. The fourth-order valence-electron chi connectivity index (χ4n) is 2.52. The Bertz CT molecular complexity index is 207. The van der Waals surface area contributed by atoms with Gasteiger partial charge in [0.1, 0.15) is 0 Å². The SMILES string of the molecule is CCC[CH2][Sn]([CH2]CCC)([CH2]CCC)[O]C(=O)CCC. The third kappa shape index (κ3) is 8.93. The molecule has 114 valence electrons. The van der Waals surface area contributed by atoms with Crippen molar-refractivity contribution in [1.82, 2.24) is 0 Å². The summed E-state index contributed by atoms with van der Waals surface area (Å²) in [5, 5.41) is 0. The predicted molar refractivity (Wildman–Crippen MR) is 85.9 cm³/mol. The summed E-state index contributed by atoms with van der Waals surface area (Å²) in [4.78, 5) is 12.0. The van der Waals surface area contributed by atoms with Crippen LogP contribution in [0.5, 0.6) is 0 Å². The monoisotopic (exact) mass is 378 g/mol. The van der Waals surface area contributed by atoms with Crippen LogP contribution < -0.4 is 0 Å². The van der Waals surface area contributed by atoms with Gasteiger partial charge in [-0.25, -0.2) is 0 Å². The molecule has 0 aromatic carbocycles. The molecule has 0 rings (SSSR count). The summed E-state index contributed by atoms with van der Waals surface area (Å²) >= 11 is -2.65. The fraction of sp³-hybridized carbons (Fsp3) is 0.938. The van der Waals surface area contributed by atoms with Gasteiger partial charge in [-0.1, -0.05) is 0 Å². The zero-order chi connectivity index (χ0) is 14.6. The third-order valence-electron chi connectivity index (χ3n) is 3.74. The van der Waals surface area contributed by atoms with Gasteiger partial charge in [0.25, 0.3) is 0 Å². The van der Waals surface area contributed by atoms with Crippen molar-refractivity contribution >= 4 is 24.8 Å². The van der Waals surface area contributed by atoms with Gasteiger partial charge < -0.3 is 0 Å². The summed E-state index contributed by atoms with van der Waals surface area (Å²) in [5.74, 6) is 0.0987. The van der Waals surface area contributed by atoms with Gasteiger partial charge in [0, 0.05) is 0 Å². The van der Waals surface area contributed by atoms with Crippen LogP contribution in [0.4, 0.5) is 0 Å². The van der Waals surface area contributed by atoms with Gasteiger partial charge in [-0.15, -0.1) is 0 Å². The maximum atomic E-state index is 12.0. The predicted octanol–water partition coefficient (Wildman–Crippen LogP) is 5.68. The van der Waals surface area contributed by atoms with Gasteiger partial charge in [0.15, 0.2) is 0 Å². The molecule has 0 saturated heterocycles. The number of carbonyl (C=O) groups excluding carboxylic acids is 1. The molecule has 0 atom stereocenters. The van der Waals surface area contributed by atoms with Crippen LogP contribution >= 0.6 is 0 Å². The number of carbonyl (C=O) groups is 1. The Morgan fingerprint density at radius 2 is 1.21 bits per heavy atom. The zero-order valence-corrected chi connectivity index (χ0v) is 16.4. The minimum absolute atomic E-state index is 0.0987. The first-order valence-corrected chi connectivity index (χ1v) is 15.6. The average molecular weight is 377 g/mol. The van der Waals surface area contributed by atoms with Crippen LogP contribution in [0.2, 0.25) is 13.3 Å². The van der Waals surface area contributed by atoms with E-state index in [2.05, 4.69) is 27.7 Å². The van der Waals surface area contributed by atoms with Crippen molar-refractivity contribution in [3.05, 3.63) is 0 Å². The minimum atomic E-state index is -2.65. The molecule has 0 saturated carbocycles. The van der Waals surface area contributed by atoms with E-state index >= 15 is 0 Å². The molecular formula is C16H34O2Sn. The standard InChI is InChI=1S/C4H8O2.3C4H9.Sn/c1-2-3-4(5)6;3*1-3-4-2;/h2-3H2,1H3,(H,5,6);3*1,3-4H2,2H3;/q;;;;+1/p-1. The number of rotatable bonds is 12. The van der Waals surface area contributed by atoms with Crippen molar-refractivity contribution in [1.29, 1.82) is 0 Å². The summed E-state index contributed by atoms with van der Waals surface area (Å²) in [5.41, 5.74) is 0. The van der Waals surface area contributed by atoms with E-state index in [-0.39, 0.29) is 5.97 Å². The quantitative estimate of drug-likeness (QED) is 0.410. The topological polar surface area (TPSA) is 26.3 Å². The van der Waals surface area contributed by atoms with Crippen LogP contribution in [0.3, 0.4) is 0 Å². The second kappa shape index (κ2) is 12.0. The van der Waals surface area contributed by atoms with Gasteiger partial charge >= 0.3 is 125 Å². The van der Waals surface area contributed by atoms with Crippen molar-refractivity contribution in [2.24, 2.45) is 0 Å². The number of hydrogen-bond acceptors (Lipinski definition) is 2. The van der Waals surface area contributed by atoms with Crippen molar-refractivity contribution in [3.8, 4) is 0 Å². The van der Waals surface area contributed by atoms with E-state index in [1.807, 2.05) is 0 Å². The fourth-order valence-corrected chi connectivity index (χ4v) is 15.7. The van der Waals surface area contributed by atoms with E-state index in [1.165, 1.54) is 51.8 Å². The molecule has 0 N–H and O–H groups in total. The van der Waals surface area contributed by atoms with Crippen LogP contribution in [0, 0.1) is 0 Å². The summed E-state index contributed by atoms with van der Waals surface area (Å²) < 4.78 is 9.91. The van der Waals surface area contributed by atoms with Crippen LogP contribution in [-0.4, -0.2) is 24.8 Å². The van der Waals surface area contributed by atoms with Crippen LogP contribution in [0.25, 0.3) is 0 Å². The van der Waals surface area contributed by atoms with Gasteiger partial charge in [0.05, 0.1) is 0 Å². The average Bonchev–Trinajstić information content (AvgIpc) is 2.40. The van der Waals surface area contributed by atoms with E-state index in [4.69, 9.17) is 3.07 Å². The van der Waals surface area contributed by atoms with E-state index in [0.29, 0.717) is 6.42 Å². The molecule has 0 aliphatic heterocycles. The Kier molecular flexibility index (Phi) is 12.2. The molecule has 0 amide bonds. The molecule has 3 heteroatoms. The molecule has 0 heterocycles. The second-order valence-corrected chi connectivity index (χ2v) is 17.3. The summed E-state index contributed by atoms with van der Waals surface area (Å²) in [6.07, 6.45) is 8.96. The summed E-state index contributed by atoms with van der Waals surface area (Å²) in [6.45, 7) is 8.78. The van der Waals surface area contributed by atoms with Gasteiger partial charge in [0.2, 0.25) is 0 Å². The van der Waals surface area contributed by atoms with E-state index in [0.717, 1.165) is 6.42 Å². The molecule has 0 spiro atoms. The first-order valence-electron chi connectivity index (χ1n) is 8.36. The number of unbranched alkanes of at least 4 members (excludes halogenated alkanes) is 3. The van der Waals surface area contributed by atoms with Crippen LogP contribution in [0.1, 0.15) is 79.1 Å². The van der Waals surface area contributed by atoms with Crippen LogP contribution in [-0.2, 0) is 7.87 Å². The Balaban J connectivity index is 4.70. The molecule has 0 aromatic rings. The molecule has 0 unspecified atom stereocenters. The molecule has 2 nitrogen and oxygen atoms in total. The molecule has 0 aliphatic carbocycles. The normalized spacial score (nSPS) is 11.6. The van der Waals surface area contributed by atoms with E-state index < -0.39 is 18.8 Å². The first-order chi connectivity index (χ1) is 9.14. The van der Waals surface area contributed by atoms with Gasteiger partial charge in [-0.2, -0.15) is 0 Å². The van der Waals surface area contributed by atoms with E-state index in [1.54, 1.807) is 0 Å². The Hall–Kier alpha value is 0.269. The Labute approximate surface area is 125 Å². The zero-order valence-electron chi connectivity index (χ0n) is 13.6. The van der Waals surface area contributed by atoms with E-state index in [9.17, 15) is 4.79 Å². The maximum absolute atomic E-state index is 12.0. The van der Waals surface area contributed by atoms with Crippen molar-refractivity contribution in [3.63, 3.8) is 0 Å². The second-order valence-electron chi connectivity index (χ2n) is 5.72. The Morgan fingerprint density at radius 3 is 1.53 bits per heavy atom. The van der Waals surface area contributed by atoms with Crippen LogP contribution in [0.15, 0.2) is 0 Å². The Morgan fingerprint density at radius 1 is 0.789 bits per heavy atom. The molecule has 0 fully saturated rings. The molecular weight excluding hydrogens is 343 g/mol. The van der Waals surface area contributed by atoms with Crippen molar-refractivity contribution in [2.45, 2.75) is 92.4 Å². The molecule has 0 bridgehead atoms. The number of hydrogen-bond donors (Lipinski definition) is 0.